The lowest BCUT2D eigenvalue weighted by atomic mass is 9.94. The number of hydrogen-bond donors (Lipinski definition) is 1. The van der Waals surface area contributed by atoms with E-state index >= 15 is 0 Å². The third-order valence-corrected chi connectivity index (χ3v) is 7.72. The fraction of sp³-hybridized carbons (Fsp3) is 0.208. The molecule has 0 amide bonds. The topological polar surface area (TPSA) is 63.4 Å². The summed E-state index contributed by atoms with van der Waals surface area (Å²) in [5, 5.41) is 12.5. The monoisotopic (exact) mass is 494 g/mol. The molecule has 6 nitrogen and oxygen atoms in total. The number of methoxy groups -OCH3 is 1. The highest BCUT2D eigenvalue weighted by atomic mass is 32.1. The van der Waals surface area contributed by atoms with Crippen LogP contribution in [0.25, 0.3) is 16.3 Å². The Bertz CT molecular complexity index is 1280. The number of thiophene rings is 2. The molecule has 1 atom stereocenters. The molecule has 9 heteroatoms. The molecule has 1 N–H and O–H groups in total. The van der Waals surface area contributed by atoms with Gasteiger partial charge in [0.15, 0.2) is 5.11 Å². The van der Waals surface area contributed by atoms with Crippen molar-refractivity contribution in [3.63, 3.8) is 0 Å². The summed E-state index contributed by atoms with van der Waals surface area (Å²) in [5.74, 6) is 1.85. The molecule has 4 heterocycles. The number of nitrogens with one attached hydrogen (secondary N) is 1. The van der Waals surface area contributed by atoms with Crippen molar-refractivity contribution in [1.29, 1.82) is 0 Å². The first kappa shape index (κ1) is 21.8. The summed E-state index contributed by atoms with van der Waals surface area (Å²) < 4.78 is 11.2. The van der Waals surface area contributed by atoms with Crippen LogP contribution in [-0.4, -0.2) is 33.8 Å². The Morgan fingerprint density at radius 2 is 2.00 bits per heavy atom. The highest BCUT2D eigenvalue weighted by Gasteiger charge is 2.34. The zero-order valence-electron chi connectivity index (χ0n) is 18.1. The van der Waals surface area contributed by atoms with Crippen molar-refractivity contribution in [2.45, 2.75) is 19.4 Å². The predicted octanol–water partition coefficient (Wildman–Crippen LogP) is 5.77. The molecule has 33 heavy (non-hydrogen) atoms. The van der Waals surface area contributed by atoms with Gasteiger partial charge in [-0.3, -0.25) is 0 Å². The number of ether oxygens (including phenoxy) is 1. The van der Waals surface area contributed by atoms with E-state index in [-0.39, 0.29) is 6.04 Å². The van der Waals surface area contributed by atoms with Gasteiger partial charge in [0, 0.05) is 17.1 Å². The number of aromatic nitrogens is 2. The maximum atomic E-state index is 5.80. The average Bonchev–Trinajstić information content (AvgIpc) is 3.61. The van der Waals surface area contributed by atoms with Gasteiger partial charge in [0.25, 0.3) is 5.89 Å². The van der Waals surface area contributed by atoms with E-state index in [1.807, 2.05) is 41.8 Å². The Morgan fingerprint density at radius 3 is 2.76 bits per heavy atom. The standard InChI is InChI=1S/C24H22N4O2S3/c1-15-20(23-26-22(27-30-23)19-9-5-13-33-19)21(16-6-3-7-17(14-16)29-2)25-24(31)28(15)11-10-18-8-4-12-32-18/h3-9,12-14,21H,10-11H2,1-2H3,(H,25,31). The molecular weight excluding hydrogens is 472 g/mol. The smallest absolute Gasteiger partial charge is 0.258 e. The zero-order chi connectivity index (χ0) is 22.8. The summed E-state index contributed by atoms with van der Waals surface area (Å²) in [7, 11) is 1.66. The summed E-state index contributed by atoms with van der Waals surface area (Å²) in [4.78, 5) is 9.16. The van der Waals surface area contributed by atoms with Gasteiger partial charge in [0.2, 0.25) is 5.82 Å². The lowest BCUT2D eigenvalue weighted by molar-refractivity contribution is 0.396. The van der Waals surface area contributed by atoms with Crippen LogP contribution in [0.1, 0.15) is 29.3 Å². The third-order valence-electron chi connectivity index (χ3n) is 5.58. The van der Waals surface area contributed by atoms with Gasteiger partial charge in [-0.05, 0) is 66.2 Å². The van der Waals surface area contributed by atoms with E-state index in [9.17, 15) is 0 Å². The maximum Gasteiger partial charge on any atom is 0.258 e. The van der Waals surface area contributed by atoms with E-state index in [1.54, 1.807) is 29.8 Å². The summed E-state index contributed by atoms with van der Waals surface area (Å²) >= 11 is 9.14. The third kappa shape index (κ3) is 4.44. The van der Waals surface area contributed by atoms with Gasteiger partial charge in [-0.2, -0.15) is 4.98 Å². The van der Waals surface area contributed by atoms with Crippen LogP contribution in [0.5, 0.6) is 5.75 Å². The van der Waals surface area contributed by atoms with Crippen molar-refractivity contribution >= 4 is 45.6 Å². The number of nitrogens with zero attached hydrogens (tertiary/aromatic N) is 3. The molecular formula is C24H22N4O2S3. The second kappa shape index (κ2) is 9.46. The van der Waals surface area contributed by atoms with Crippen molar-refractivity contribution in [3.8, 4) is 16.5 Å². The molecule has 0 fully saturated rings. The Kier molecular flexibility index (Phi) is 6.26. The summed E-state index contributed by atoms with van der Waals surface area (Å²) in [5.41, 5.74) is 2.93. The Labute approximate surface area is 205 Å². The second-order valence-corrected chi connectivity index (χ2v) is 9.91. The molecule has 1 aliphatic rings. The molecule has 1 aromatic carbocycles. The number of thiocarbonyl (C=S) groups is 1. The van der Waals surface area contributed by atoms with E-state index in [0.717, 1.165) is 40.4 Å². The van der Waals surface area contributed by atoms with E-state index in [1.165, 1.54) is 4.88 Å². The fourth-order valence-electron chi connectivity index (χ4n) is 3.91. The quantitative estimate of drug-likeness (QED) is 0.327. The molecule has 1 aliphatic heterocycles. The first-order chi connectivity index (χ1) is 16.1. The van der Waals surface area contributed by atoms with Gasteiger partial charge < -0.3 is 19.5 Å². The molecule has 0 spiro atoms. The van der Waals surface area contributed by atoms with Crippen LogP contribution in [0.4, 0.5) is 0 Å². The second-order valence-electron chi connectivity index (χ2n) is 7.54. The Hall–Kier alpha value is -3.01. The largest absolute Gasteiger partial charge is 0.497 e. The highest BCUT2D eigenvalue weighted by Crippen LogP contribution is 2.38. The zero-order valence-corrected chi connectivity index (χ0v) is 20.6. The molecule has 0 bridgehead atoms. The molecule has 1 unspecified atom stereocenters. The summed E-state index contributed by atoms with van der Waals surface area (Å²) in [6.45, 7) is 2.83. The molecule has 0 radical (unpaired) electrons. The minimum absolute atomic E-state index is 0.234. The van der Waals surface area contributed by atoms with E-state index in [2.05, 4.69) is 39.8 Å². The van der Waals surface area contributed by atoms with Crippen molar-refractivity contribution in [3.05, 3.63) is 81.3 Å². The molecule has 0 saturated heterocycles. The molecule has 3 aromatic heterocycles. The SMILES string of the molecule is COc1cccc(C2NC(=S)N(CCc3cccs3)C(C)=C2c2nc(-c3cccs3)no2)c1. The van der Waals surface area contributed by atoms with Crippen molar-refractivity contribution in [2.24, 2.45) is 0 Å². The molecule has 168 valence electrons. The Balaban J connectivity index is 1.56. The molecule has 4 aromatic rings. The van der Waals surface area contributed by atoms with Gasteiger partial charge in [-0.15, -0.1) is 22.7 Å². The minimum Gasteiger partial charge on any atom is -0.497 e. The van der Waals surface area contributed by atoms with E-state index < -0.39 is 0 Å². The minimum atomic E-state index is -0.234. The number of rotatable bonds is 7. The van der Waals surface area contributed by atoms with Crippen molar-refractivity contribution < 1.29 is 9.26 Å². The van der Waals surface area contributed by atoms with Gasteiger partial charge in [0.1, 0.15) is 5.75 Å². The summed E-state index contributed by atoms with van der Waals surface area (Å²) in [6, 6.07) is 15.9. The molecule has 0 aliphatic carbocycles. The van der Waals surface area contributed by atoms with E-state index in [0.29, 0.717) is 16.8 Å². The normalized spacial score (nSPS) is 16.2. The van der Waals surface area contributed by atoms with Crippen LogP contribution in [0, 0.1) is 0 Å². The Morgan fingerprint density at radius 1 is 1.15 bits per heavy atom. The number of hydrogen-bond acceptors (Lipinski definition) is 7. The average molecular weight is 495 g/mol. The number of benzene rings is 1. The van der Waals surface area contributed by atoms with Gasteiger partial charge in [-0.1, -0.05) is 29.4 Å². The number of allylic oxidation sites excluding steroid dienone is 1. The summed E-state index contributed by atoms with van der Waals surface area (Å²) in [6.07, 6.45) is 0.901. The molecule has 5 rings (SSSR count). The van der Waals surface area contributed by atoms with Gasteiger partial charge >= 0.3 is 0 Å². The lowest BCUT2D eigenvalue weighted by Crippen LogP contribution is -2.46. The lowest BCUT2D eigenvalue weighted by Gasteiger charge is -2.37. The van der Waals surface area contributed by atoms with Crippen LogP contribution in [0.2, 0.25) is 0 Å². The molecule has 0 saturated carbocycles. The first-order valence-corrected chi connectivity index (χ1v) is 12.6. The van der Waals surface area contributed by atoms with Crippen LogP contribution in [-0.2, 0) is 6.42 Å². The highest BCUT2D eigenvalue weighted by molar-refractivity contribution is 7.80. The van der Waals surface area contributed by atoms with Gasteiger partial charge in [0.05, 0.1) is 23.6 Å². The van der Waals surface area contributed by atoms with E-state index in [4.69, 9.17) is 26.5 Å². The van der Waals surface area contributed by atoms with Crippen molar-refractivity contribution in [1.82, 2.24) is 20.4 Å². The van der Waals surface area contributed by atoms with Gasteiger partial charge in [-0.25, -0.2) is 0 Å². The maximum absolute atomic E-state index is 5.80. The van der Waals surface area contributed by atoms with Crippen LogP contribution < -0.4 is 10.1 Å². The van der Waals surface area contributed by atoms with Crippen LogP contribution in [0.15, 0.2) is 69.5 Å². The first-order valence-electron chi connectivity index (χ1n) is 10.5. The fourth-order valence-corrected chi connectivity index (χ4v) is 5.61. The van der Waals surface area contributed by atoms with Crippen LogP contribution >= 0.6 is 34.9 Å². The predicted molar refractivity (Wildman–Crippen MR) is 136 cm³/mol. The van der Waals surface area contributed by atoms with Crippen LogP contribution in [0.3, 0.4) is 0 Å². The van der Waals surface area contributed by atoms with Crippen molar-refractivity contribution in [2.75, 3.05) is 13.7 Å².